The van der Waals surface area contributed by atoms with Gasteiger partial charge in [0.05, 0.1) is 12.6 Å². The lowest BCUT2D eigenvalue weighted by molar-refractivity contribution is -0.118. The number of hydrogen-bond acceptors (Lipinski definition) is 3. The standard InChI is InChI=1S/C10H12FNO2/c1-6(14)10(12)7-2-3-8(5-13)9(11)4-7/h2-4,10,13H,5,12H2,1H3. The maximum atomic E-state index is 13.1. The first-order chi connectivity index (χ1) is 6.56. The van der Waals surface area contributed by atoms with Crippen LogP contribution in [0.2, 0.25) is 0 Å². The Morgan fingerprint density at radius 1 is 1.64 bits per heavy atom. The maximum Gasteiger partial charge on any atom is 0.150 e. The van der Waals surface area contributed by atoms with E-state index in [4.69, 9.17) is 10.8 Å². The van der Waals surface area contributed by atoms with E-state index in [-0.39, 0.29) is 18.0 Å². The third-order valence-corrected chi connectivity index (χ3v) is 2.04. The summed E-state index contributed by atoms with van der Waals surface area (Å²) in [6.45, 7) is 0.990. The zero-order valence-electron chi connectivity index (χ0n) is 7.83. The van der Waals surface area contributed by atoms with Crippen molar-refractivity contribution in [1.82, 2.24) is 0 Å². The Morgan fingerprint density at radius 2 is 2.29 bits per heavy atom. The molecule has 0 saturated heterocycles. The number of hydrogen-bond donors (Lipinski definition) is 2. The molecule has 0 spiro atoms. The second-order valence-corrected chi connectivity index (χ2v) is 3.10. The van der Waals surface area contributed by atoms with Gasteiger partial charge in [0.2, 0.25) is 0 Å². The summed E-state index contributed by atoms with van der Waals surface area (Å²) in [7, 11) is 0. The summed E-state index contributed by atoms with van der Waals surface area (Å²) in [4.78, 5) is 10.9. The first-order valence-corrected chi connectivity index (χ1v) is 4.21. The molecule has 1 unspecified atom stereocenters. The van der Waals surface area contributed by atoms with E-state index < -0.39 is 11.9 Å². The molecule has 3 nitrogen and oxygen atoms in total. The zero-order valence-corrected chi connectivity index (χ0v) is 7.83. The number of rotatable bonds is 3. The number of nitrogens with two attached hydrogens (primary N) is 1. The highest BCUT2D eigenvalue weighted by atomic mass is 19.1. The van der Waals surface area contributed by atoms with Crippen LogP contribution in [0.25, 0.3) is 0 Å². The average molecular weight is 197 g/mol. The normalized spacial score (nSPS) is 12.6. The van der Waals surface area contributed by atoms with Crippen LogP contribution in [-0.4, -0.2) is 10.9 Å². The van der Waals surface area contributed by atoms with Crippen molar-refractivity contribution in [3.8, 4) is 0 Å². The second-order valence-electron chi connectivity index (χ2n) is 3.10. The van der Waals surface area contributed by atoms with Crippen molar-refractivity contribution in [3.05, 3.63) is 35.1 Å². The molecule has 3 N–H and O–H groups in total. The van der Waals surface area contributed by atoms with Crippen molar-refractivity contribution in [1.29, 1.82) is 0 Å². The highest BCUT2D eigenvalue weighted by molar-refractivity contribution is 5.82. The van der Waals surface area contributed by atoms with Gasteiger partial charge in [0, 0.05) is 5.56 Å². The number of ketones is 1. The zero-order chi connectivity index (χ0) is 10.7. The lowest BCUT2D eigenvalue weighted by Crippen LogP contribution is -2.18. The van der Waals surface area contributed by atoms with Crippen molar-refractivity contribution in [2.24, 2.45) is 5.73 Å². The molecule has 0 aromatic heterocycles. The molecular weight excluding hydrogens is 185 g/mol. The Hall–Kier alpha value is -1.26. The van der Waals surface area contributed by atoms with Gasteiger partial charge in [0.25, 0.3) is 0 Å². The molecule has 76 valence electrons. The Morgan fingerprint density at radius 3 is 2.71 bits per heavy atom. The highest BCUT2D eigenvalue weighted by Crippen LogP contribution is 2.16. The highest BCUT2D eigenvalue weighted by Gasteiger charge is 2.12. The summed E-state index contributed by atoms with van der Waals surface area (Å²) in [5, 5.41) is 8.72. The van der Waals surface area contributed by atoms with Crippen molar-refractivity contribution < 1.29 is 14.3 Å². The third kappa shape index (κ3) is 2.16. The Bertz CT molecular complexity index is 352. The average Bonchev–Trinajstić information content (AvgIpc) is 2.16. The Kier molecular flexibility index (Phi) is 3.33. The minimum absolute atomic E-state index is 0.199. The molecule has 0 amide bonds. The van der Waals surface area contributed by atoms with Crippen LogP contribution in [0.3, 0.4) is 0 Å². The lowest BCUT2D eigenvalue weighted by Gasteiger charge is -2.09. The van der Waals surface area contributed by atoms with Gasteiger partial charge >= 0.3 is 0 Å². The number of aliphatic hydroxyl groups excluding tert-OH is 1. The monoisotopic (exact) mass is 197 g/mol. The molecule has 0 heterocycles. The molecule has 0 aliphatic carbocycles. The van der Waals surface area contributed by atoms with Crippen LogP contribution in [0.5, 0.6) is 0 Å². The van der Waals surface area contributed by atoms with E-state index in [1.807, 2.05) is 0 Å². The molecule has 1 rings (SSSR count). The summed E-state index contributed by atoms with van der Waals surface area (Å²) in [6, 6.07) is 3.35. The van der Waals surface area contributed by atoms with E-state index in [1.165, 1.54) is 19.1 Å². The number of halogens is 1. The third-order valence-electron chi connectivity index (χ3n) is 2.04. The molecule has 1 atom stereocenters. The van der Waals surface area contributed by atoms with Gasteiger partial charge in [0.15, 0.2) is 5.78 Å². The van der Waals surface area contributed by atoms with Crippen molar-refractivity contribution in [2.75, 3.05) is 0 Å². The van der Waals surface area contributed by atoms with Gasteiger partial charge in [-0.25, -0.2) is 4.39 Å². The van der Waals surface area contributed by atoms with Crippen LogP contribution < -0.4 is 5.73 Å². The summed E-state index contributed by atoms with van der Waals surface area (Å²) in [5.41, 5.74) is 6.14. The number of Topliss-reactive ketones (excluding diaryl/α,β-unsaturated/α-hetero) is 1. The minimum atomic E-state index is -0.794. The number of carbonyl (C=O) groups is 1. The molecule has 0 fully saturated rings. The van der Waals surface area contributed by atoms with Crippen molar-refractivity contribution in [3.63, 3.8) is 0 Å². The van der Waals surface area contributed by atoms with Crippen LogP contribution in [-0.2, 0) is 11.4 Å². The van der Waals surface area contributed by atoms with E-state index in [1.54, 1.807) is 6.07 Å². The van der Waals surface area contributed by atoms with Gasteiger partial charge in [-0.2, -0.15) is 0 Å². The fraction of sp³-hybridized carbons (Fsp3) is 0.300. The number of aliphatic hydroxyl groups is 1. The van der Waals surface area contributed by atoms with Gasteiger partial charge in [-0.05, 0) is 18.6 Å². The summed E-state index contributed by atoms with van der Waals surface area (Å²) < 4.78 is 13.1. The molecule has 1 aromatic carbocycles. The van der Waals surface area contributed by atoms with Gasteiger partial charge in [-0.15, -0.1) is 0 Å². The molecule has 0 bridgehead atoms. The van der Waals surface area contributed by atoms with Gasteiger partial charge in [0.1, 0.15) is 5.82 Å². The molecular formula is C10H12FNO2. The van der Waals surface area contributed by atoms with E-state index in [9.17, 15) is 9.18 Å². The summed E-state index contributed by atoms with van der Waals surface area (Å²) in [6.07, 6.45) is 0. The molecule has 0 radical (unpaired) electrons. The SMILES string of the molecule is CC(=O)C(N)c1ccc(CO)c(F)c1. The first kappa shape index (κ1) is 10.8. The van der Waals surface area contributed by atoms with Crippen LogP contribution >= 0.6 is 0 Å². The molecule has 1 aromatic rings. The molecule has 0 aliphatic rings. The van der Waals surface area contributed by atoms with Crippen molar-refractivity contribution in [2.45, 2.75) is 19.6 Å². The molecule has 4 heteroatoms. The van der Waals surface area contributed by atoms with E-state index in [0.29, 0.717) is 5.56 Å². The van der Waals surface area contributed by atoms with Crippen LogP contribution in [0.15, 0.2) is 18.2 Å². The van der Waals surface area contributed by atoms with Gasteiger partial charge < -0.3 is 10.8 Å². The van der Waals surface area contributed by atoms with E-state index in [0.717, 1.165) is 0 Å². The number of carbonyl (C=O) groups excluding carboxylic acids is 1. The quantitative estimate of drug-likeness (QED) is 0.756. The summed E-state index contributed by atoms with van der Waals surface area (Å²) in [5.74, 6) is -0.761. The predicted molar refractivity (Wildman–Crippen MR) is 49.9 cm³/mol. The second kappa shape index (κ2) is 4.30. The summed E-state index contributed by atoms with van der Waals surface area (Å²) >= 11 is 0. The topological polar surface area (TPSA) is 63.3 Å². The molecule has 0 saturated carbocycles. The van der Waals surface area contributed by atoms with Crippen LogP contribution in [0, 0.1) is 5.82 Å². The number of benzene rings is 1. The van der Waals surface area contributed by atoms with E-state index in [2.05, 4.69) is 0 Å². The minimum Gasteiger partial charge on any atom is -0.392 e. The van der Waals surface area contributed by atoms with Crippen LogP contribution in [0.4, 0.5) is 4.39 Å². The van der Waals surface area contributed by atoms with E-state index >= 15 is 0 Å². The van der Waals surface area contributed by atoms with Crippen LogP contribution in [0.1, 0.15) is 24.1 Å². The molecule has 0 aliphatic heterocycles. The van der Waals surface area contributed by atoms with Gasteiger partial charge in [-0.1, -0.05) is 12.1 Å². The predicted octanol–water partition coefficient (Wildman–Crippen LogP) is 0.907. The largest absolute Gasteiger partial charge is 0.392 e. The Labute approximate surface area is 81.4 Å². The fourth-order valence-corrected chi connectivity index (χ4v) is 1.12. The Balaban J connectivity index is 3.02. The smallest absolute Gasteiger partial charge is 0.150 e. The van der Waals surface area contributed by atoms with Crippen molar-refractivity contribution >= 4 is 5.78 Å². The first-order valence-electron chi connectivity index (χ1n) is 4.21. The molecule has 14 heavy (non-hydrogen) atoms. The fourth-order valence-electron chi connectivity index (χ4n) is 1.12. The lowest BCUT2D eigenvalue weighted by atomic mass is 10.0. The van der Waals surface area contributed by atoms with Gasteiger partial charge in [-0.3, -0.25) is 4.79 Å². The maximum absolute atomic E-state index is 13.1.